The fraction of sp³-hybridized carbons (Fsp3) is 0.0741. The first-order chi connectivity index (χ1) is 28.3. The van der Waals surface area contributed by atoms with Crippen LogP contribution in [-0.2, 0) is 6.42 Å². The van der Waals surface area contributed by atoms with E-state index < -0.39 is 0 Å². The summed E-state index contributed by atoms with van der Waals surface area (Å²) in [6, 6.07) is 58.5. The molecule has 0 amide bonds. The molecule has 0 saturated heterocycles. The first-order valence-electron chi connectivity index (χ1n) is 20.2. The van der Waals surface area contributed by atoms with E-state index in [0.717, 1.165) is 37.1 Å². The van der Waals surface area contributed by atoms with Crippen molar-refractivity contribution in [3.05, 3.63) is 193 Å². The Labute approximate surface area is 331 Å². The third-order valence-electron chi connectivity index (χ3n) is 12.3. The lowest BCUT2D eigenvalue weighted by atomic mass is 9.94. The van der Waals surface area contributed by atoms with Gasteiger partial charge in [-0.1, -0.05) is 127 Å². The molecule has 0 fully saturated rings. The van der Waals surface area contributed by atoms with Gasteiger partial charge < -0.3 is 13.7 Å². The Hall–Kier alpha value is -7.10. The Morgan fingerprint density at radius 2 is 0.965 bits per heavy atom. The van der Waals surface area contributed by atoms with Crippen LogP contribution in [0.5, 0.6) is 0 Å². The van der Waals surface area contributed by atoms with E-state index >= 15 is 0 Å². The lowest BCUT2D eigenvalue weighted by Gasteiger charge is -2.19. The zero-order valence-corrected chi connectivity index (χ0v) is 31.6. The molecule has 3 aromatic heterocycles. The molecular weight excluding hydrogens is 691 g/mol. The largest absolute Gasteiger partial charge is 0.313 e. The Bertz CT molecular complexity index is 3290. The average Bonchev–Trinajstić information content (AvgIpc) is 3.93. The predicted octanol–water partition coefficient (Wildman–Crippen LogP) is 14.3. The molecule has 2 aliphatic rings. The van der Waals surface area contributed by atoms with Gasteiger partial charge in [-0.25, -0.2) is 0 Å². The Morgan fingerprint density at radius 3 is 1.63 bits per heavy atom. The number of para-hydroxylation sites is 6. The molecule has 10 aromatic rings. The number of fused-ring (bicyclic) bond motifs is 9. The van der Waals surface area contributed by atoms with Gasteiger partial charge in [0.1, 0.15) is 0 Å². The molecule has 0 spiro atoms. The van der Waals surface area contributed by atoms with Gasteiger partial charge in [0, 0.05) is 60.8 Å². The molecule has 0 unspecified atom stereocenters. The minimum absolute atomic E-state index is 1.02. The van der Waals surface area contributed by atoms with Crippen LogP contribution in [0, 0.1) is 0 Å². The Kier molecular flexibility index (Phi) is 7.18. The highest BCUT2D eigenvalue weighted by Gasteiger charge is 2.24. The number of hydrogen-bond acceptors (Lipinski definition) is 0. The summed E-state index contributed by atoms with van der Waals surface area (Å²) in [5.41, 5.74) is 17.5. The van der Waals surface area contributed by atoms with E-state index in [2.05, 4.69) is 202 Å². The molecule has 3 heterocycles. The molecule has 0 bridgehead atoms. The van der Waals surface area contributed by atoms with Crippen LogP contribution in [0.15, 0.2) is 182 Å². The number of hydrogen-bond donors (Lipinski definition) is 0. The molecule has 3 nitrogen and oxygen atoms in total. The summed E-state index contributed by atoms with van der Waals surface area (Å²) in [6.45, 7) is 0. The van der Waals surface area contributed by atoms with Crippen LogP contribution in [0.1, 0.15) is 30.5 Å². The quantitative estimate of drug-likeness (QED) is 0.168. The van der Waals surface area contributed by atoms with Crippen molar-refractivity contribution in [3.63, 3.8) is 0 Å². The average molecular weight is 730 g/mol. The van der Waals surface area contributed by atoms with Gasteiger partial charge in [0.05, 0.1) is 27.6 Å². The minimum atomic E-state index is 1.02. The molecule has 0 radical (unpaired) electrons. The van der Waals surface area contributed by atoms with Gasteiger partial charge in [0.15, 0.2) is 0 Å². The topological polar surface area (TPSA) is 14.8 Å². The van der Waals surface area contributed by atoms with Crippen LogP contribution in [0.3, 0.4) is 0 Å². The first kappa shape index (κ1) is 32.2. The zero-order valence-electron chi connectivity index (χ0n) is 31.6. The number of allylic oxidation sites excluding steroid dienone is 5. The van der Waals surface area contributed by atoms with E-state index in [4.69, 9.17) is 0 Å². The van der Waals surface area contributed by atoms with E-state index in [1.165, 1.54) is 93.7 Å². The van der Waals surface area contributed by atoms with Gasteiger partial charge in [0.2, 0.25) is 0 Å². The normalized spacial score (nSPS) is 14.0. The van der Waals surface area contributed by atoms with Gasteiger partial charge in [-0.2, -0.15) is 0 Å². The van der Waals surface area contributed by atoms with Crippen LogP contribution in [0.2, 0.25) is 0 Å². The maximum atomic E-state index is 2.58. The molecule has 0 atom stereocenters. The number of aromatic nitrogens is 3. The zero-order chi connectivity index (χ0) is 37.5. The number of nitrogens with zero attached hydrogens (tertiary/aromatic N) is 3. The molecule has 12 rings (SSSR count). The van der Waals surface area contributed by atoms with Crippen LogP contribution < -0.4 is 0 Å². The van der Waals surface area contributed by atoms with E-state index in [9.17, 15) is 0 Å². The smallest absolute Gasteiger partial charge is 0.0619 e. The summed E-state index contributed by atoms with van der Waals surface area (Å²) in [5, 5.41) is 6.40. The highest BCUT2D eigenvalue weighted by molar-refractivity contribution is 6.14. The third kappa shape index (κ3) is 4.85. The standard InChI is InChI=1S/C54H39N3/c1-3-17-38(18-4-1)56-51-31-13-9-23-45(51)47-27-15-25-41(53(47)56)36-33-37(35-40(34-36)55-49-29-11-7-21-43(49)44-22-8-12-30-50(44)55)42-26-16-28-48-46-24-10-14-32-52(46)57(54(42)48)39-19-5-2-6-20-39/h1-5,7-9,11-19,21-23,25-35H,6,10,20,24H2. The predicted molar refractivity (Wildman–Crippen MR) is 241 cm³/mol. The molecule has 0 N–H and O–H groups in total. The van der Waals surface area contributed by atoms with Gasteiger partial charge in [0.25, 0.3) is 0 Å². The molecule has 0 saturated carbocycles. The van der Waals surface area contributed by atoms with Crippen LogP contribution in [-0.4, -0.2) is 13.7 Å². The van der Waals surface area contributed by atoms with Gasteiger partial charge in [-0.05, 0) is 103 Å². The van der Waals surface area contributed by atoms with Crippen LogP contribution >= 0.6 is 0 Å². The first-order valence-corrected chi connectivity index (χ1v) is 20.2. The van der Waals surface area contributed by atoms with E-state index in [0.29, 0.717) is 0 Å². The van der Waals surface area contributed by atoms with E-state index in [1.54, 1.807) is 0 Å². The molecule has 7 aromatic carbocycles. The lowest BCUT2D eigenvalue weighted by Crippen LogP contribution is -2.04. The fourth-order valence-corrected chi connectivity index (χ4v) is 9.94. The fourth-order valence-electron chi connectivity index (χ4n) is 9.94. The second kappa shape index (κ2) is 12.7. The molecule has 270 valence electrons. The monoisotopic (exact) mass is 729 g/mol. The molecule has 57 heavy (non-hydrogen) atoms. The van der Waals surface area contributed by atoms with E-state index in [1.807, 2.05) is 0 Å². The number of aryl methyl sites for hydroxylation is 1. The summed E-state index contributed by atoms with van der Waals surface area (Å²) in [6.07, 6.45) is 15.8. The molecule has 2 aliphatic carbocycles. The lowest BCUT2D eigenvalue weighted by molar-refractivity contribution is 0.929. The van der Waals surface area contributed by atoms with Gasteiger partial charge >= 0.3 is 0 Å². The summed E-state index contributed by atoms with van der Waals surface area (Å²) >= 11 is 0. The summed E-state index contributed by atoms with van der Waals surface area (Å²) in [4.78, 5) is 0. The molecule has 0 aliphatic heterocycles. The van der Waals surface area contributed by atoms with Crippen LogP contribution in [0.25, 0.3) is 99.9 Å². The summed E-state index contributed by atoms with van der Waals surface area (Å²) < 4.78 is 7.52. The van der Waals surface area contributed by atoms with Crippen molar-refractivity contribution in [2.45, 2.75) is 25.7 Å². The Balaban J connectivity index is 1.22. The highest BCUT2D eigenvalue weighted by atomic mass is 15.0. The van der Waals surface area contributed by atoms with Crippen molar-refractivity contribution in [2.75, 3.05) is 0 Å². The van der Waals surface area contributed by atoms with Crippen molar-refractivity contribution in [1.82, 2.24) is 13.7 Å². The molecular formula is C54H39N3. The summed E-state index contributed by atoms with van der Waals surface area (Å²) in [5.74, 6) is 0. The highest BCUT2D eigenvalue weighted by Crippen LogP contribution is 2.44. The second-order valence-corrected chi connectivity index (χ2v) is 15.5. The second-order valence-electron chi connectivity index (χ2n) is 15.5. The Morgan fingerprint density at radius 1 is 0.404 bits per heavy atom. The summed E-state index contributed by atoms with van der Waals surface area (Å²) in [7, 11) is 0. The van der Waals surface area contributed by atoms with Crippen molar-refractivity contribution < 1.29 is 0 Å². The minimum Gasteiger partial charge on any atom is -0.313 e. The maximum absolute atomic E-state index is 2.58. The maximum Gasteiger partial charge on any atom is 0.0619 e. The van der Waals surface area contributed by atoms with Crippen molar-refractivity contribution >= 4 is 66.3 Å². The SMILES string of the molecule is C1=CCCC(n2c3c(c4cccc(-c5cc(-c6cccc7c8ccccc8n(-c8ccccc8)c67)cc(-n6c7ccccc7c7ccccc76)c5)c42)CCC=C3)=C1. The van der Waals surface area contributed by atoms with Gasteiger partial charge in [-0.3, -0.25) is 0 Å². The molecule has 3 heteroatoms. The van der Waals surface area contributed by atoms with Crippen molar-refractivity contribution in [1.29, 1.82) is 0 Å². The number of benzene rings is 7. The van der Waals surface area contributed by atoms with Crippen LogP contribution in [0.4, 0.5) is 0 Å². The van der Waals surface area contributed by atoms with Gasteiger partial charge in [-0.15, -0.1) is 0 Å². The van der Waals surface area contributed by atoms with Crippen molar-refractivity contribution in [2.24, 2.45) is 0 Å². The number of rotatable bonds is 5. The van der Waals surface area contributed by atoms with E-state index in [-0.39, 0.29) is 0 Å². The third-order valence-corrected chi connectivity index (χ3v) is 12.3. The van der Waals surface area contributed by atoms with Crippen molar-refractivity contribution in [3.8, 4) is 33.6 Å².